The van der Waals surface area contributed by atoms with Crippen LogP contribution in [0.25, 0.3) is 0 Å². The Morgan fingerprint density at radius 3 is 2.35 bits per heavy atom. The van der Waals surface area contributed by atoms with Crippen LogP contribution in [-0.4, -0.2) is 34.4 Å². The van der Waals surface area contributed by atoms with E-state index in [1.165, 1.54) is 0 Å². The highest BCUT2D eigenvalue weighted by atomic mass is 32.1. The Kier molecular flexibility index (Phi) is 5.64. The molecule has 0 aliphatic rings. The minimum atomic E-state index is -0.954. The molecule has 4 N–H and O–H groups in total. The largest absolute Gasteiger partial charge is 0.390 e. The zero-order chi connectivity index (χ0) is 12.8. The van der Waals surface area contributed by atoms with Crippen LogP contribution < -0.4 is 5.73 Å². The average molecular weight is 255 g/mol. The highest BCUT2D eigenvalue weighted by Crippen LogP contribution is 2.19. The van der Waals surface area contributed by atoms with Gasteiger partial charge in [-0.15, -0.1) is 0 Å². The number of rotatable bonds is 6. The normalized spacial score (nSPS) is 14.4. The molecular weight excluding hydrogens is 238 g/mol. The van der Waals surface area contributed by atoms with Crippen LogP contribution in [0.15, 0.2) is 24.3 Å². The van der Waals surface area contributed by atoms with E-state index in [-0.39, 0.29) is 12.3 Å². The van der Waals surface area contributed by atoms with Crippen LogP contribution in [0.5, 0.6) is 0 Å². The van der Waals surface area contributed by atoms with Gasteiger partial charge in [0.15, 0.2) is 5.78 Å². The number of benzene rings is 1. The van der Waals surface area contributed by atoms with E-state index in [4.69, 9.17) is 5.73 Å². The monoisotopic (exact) mass is 255 g/mol. The quantitative estimate of drug-likeness (QED) is 0.442. The molecule has 0 amide bonds. The van der Waals surface area contributed by atoms with Gasteiger partial charge in [-0.25, -0.2) is 0 Å². The van der Waals surface area contributed by atoms with E-state index >= 15 is 0 Å². The minimum absolute atomic E-state index is 0.0375. The van der Waals surface area contributed by atoms with Gasteiger partial charge < -0.3 is 15.9 Å². The summed E-state index contributed by atoms with van der Waals surface area (Å²) in [4.78, 5) is 11.3. The number of carbonyl (C=O) groups is 1. The molecule has 0 spiro atoms. The fourth-order valence-corrected chi connectivity index (χ4v) is 1.76. The summed E-state index contributed by atoms with van der Waals surface area (Å²) in [6.07, 6.45) is -1.39. The van der Waals surface area contributed by atoms with Crippen molar-refractivity contribution in [2.75, 3.05) is 12.3 Å². The predicted octanol–water partition coefficient (Wildman–Crippen LogP) is 0.542. The van der Waals surface area contributed by atoms with Gasteiger partial charge in [0.1, 0.15) is 6.10 Å². The van der Waals surface area contributed by atoms with Crippen molar-refractivity contribution in [3.8, 4) is 0 Å². The Balaban J connectivity index is 2.76. The van der Waals surface area contributed by atoms with Crippen molar-refractivity contribution in [3.05, 3.63) is 35.4 Å². The van der Waals surface area contributed by atoms with Crippen LogP contribution in [0.2, 0.25) is 0 Å². The van der Waals surface area contributed by atoms with Gasteiger partial charge in [-0.05, 0) is 17.7 Å². The molecule has 2 unspecified atom stereocenters. The van der Waals surface area contributed by atoms with E-state index in [0.717, 1.165) is 0 Å². The molecular formula is C12H17NO3S. The molecule has 1 aromatic rings. The fraction of sp³-hybridized carbons (Fsp3) is 0.417. The number of thiol groups is 1. The Bertz CT molecular complexity index is 367. The van der Waals surface area contributed by atoms with Crippen LogP contribution in [0.1, 0.15) is 28.4 Å². The number of Topliss-reactive ketones (excluding diaryl/α,β-unsaturated/α-hetero) is 1. The van der Waals surface area contributed by atoms with Crippen molar-refractivity contribution in [1.29, 1.82) is 0 Å². The first kappa shape index (κ1) is 14.2. The summed E-state index contributed by atoms with van der Waals surface area (Å²) in [6, 6.07) is 6.44. The summed E-state index contributed by atoms with van der Waals surface area (Å²) in [5, 5.41) is 19.4. The highest BCUT2D eigenvalue weighted by molar-refractivity contribution is 7.80. The lowest BCUT2D eigenvalue weighted by Crippen LogP contribution is -2.19. The van der Waals surface area contributed by atoms with Gasteiger partial charge in [0.25, 0.3) is 0 Å². The maximum Gasteiger partial charge on any atom is 0.176 e. The number of ketones is 1. The lowest BCUT2D eigenvalue weighted by atomic mass is 10.0. The van der Waals surface area contributed by atoms with Gasteiger partial charge in [-0.3, -0.25) is 4.79 Å². The third-order valence-corrected chi connectivity index (χ3v) is 2.81. The molecule has 0 saturated heterocycles. The molecule has 0 saturated carbocycles. The average Bonchev–Trinajstić information content (AvgIpc) is 2.37. The van der Waals surface area contributed by atoms with E-state index in [0.29, 0.717) is 23.3 Å². The summed E-state index contributed by atoms with van der Waals surface area (Å²) in [5.41, 5.74) is 6.33. The van der Waals surface area contributed by atoms with Crippen molar-refractivity contribution in [2.45, 2.75) is 18.6 Å². The van der Waals surface area contributed by atoms with Gasteiger partial charge in [0.05, 0.1) is 12.6 Å². The summed E-state index contributed by atoms with van der Waals surface area (Å²) < 4.78 is 0. The van der Waals surface area contributed by atoms with E-state index < -0.39 is 12.2 Å². The van der Waals surface area contributed by atoms with Crippen molar-refractivity contribution in [2.24, 2.45) is 5.73 Å². The van der Waals surface area contributed by atoms with Crippen LogP contribution in [0.3, 0.4) is 0 Å². The molecule has 0 aliphatic heterocycles. The fourth-order valence-electron chi connectivity index (χ4n) is 1.50. The zero-order valence-electron chi connectivity index (χ0n) is 9.41. The molecule has 1 aromatic carbocycles. The molecule has 2 atom stereocenters. The third-order valence-electron chi connectivity index (χ3n) is 2.55. The number of hydrogen-bond donors (Lipinski definition) is 4. The molecule has 5 heteroatoms. The van der Waals surface area contributed by atoms with Crippen molar-refractivity contribution < 1.29 is 15.0 Å². The van der Waals surface area contributed by atoms with Crippen LogP contribution >= 0.6 is 12.6 Å². The van der Waals surface area contributed by atoms with E-state index in [1.54, 1.807) is 24.3 Å². The lowest BCUT2D eigenvalue weighted by molar-refractivity contribution is 0.0172. The molecule has 17 heavy (non-hydrogen) atoms. The number of nitrogens with two attached hydrogens (primary N) is 1. The van der Waals surface area contributed by atoms with Gasteiger partial charge in [0.2, 0.25) is 0 Å². The summed E-state index contributed by atoms with van der Waals surface area (Å²) in [5.74, 6) is 0.351. The number of aliphatic hydroxyl groups is 2. The third kappa shape index (κ3) is 3.81. The standard InChI is InChI=1S/C12H17NO3S/c13-7-11(15)8-1-3-9(4-2-8)12(16)10(14)5-6-17/h1-4,10,12,14,16-17H,5-7,13H2. The molecule has 0 fully saturated rings. The smallest absolute Gasteiger partial charge is 0.176 e. The first-order chi connectivity index (χ1) is 8.10. The second-order valence-corrected chi connectivity index (χ2v) is 4.22. The van der Waals surface area contributed by atoms with Gasteiger partial charge in [0, 0.05) is 5.56 Å². The minimum Gasteiger partial charge on any atom is -0.390 e. The van der Waals surface area contributed by atoms with Crippen molar-refractivity contribution >= 4 is 18.4 Å². The molecule has 94 valence electrons. The maximum absolute atomic E-state index is 11.3. The van der Waals surface area contributed by atoms with Crippen LogP contribution in [-0.2, 0) is 0 Å². The van der Waals surface area contributed by atoms with Gasteiger partial charge >= 0.3 is 0 Å². The van der Waals surface area contributed by atoms with Crippen molar-refractivity contribution in [3.63, 3.8) is 0 Å². The molecule has 0 bridgehead atoms. The SMILES string of the molecule is NCC(=O)c1ccc(C(O)C(O)CCS)cc1. The Morgan fingerprint density at radius 1 is 1.29 bits per heavy atom. The first-order valence-corrected chi connectivity index (χ1v) is 6.03. The second kappa shape index (κ2) is 6.76. The van der Waals surface area contributed by atoms with Crippen LogP contribution in [0, 0.1) is 0 Å². The number of hydrogen-bond acceptors (Lipinski definition) is 5. The molecule has 4 nitrogen and oxygen atoms in total. The lowest BCUT2D eigenvalue weighted by Gasteiger charge is -2.17. The molecule has 0 heterocycles. The summed E-state index contributed by atoms with van der Waals surface area (Å²) in [6.45, 7) is -0.0375. The Labute approximate surface area is 106 Å². The summed E-state index contributed by atoms with van der Waals surface area (Å²) in [7, 11) is 0. The van der Waals surface area contributed by atoms with Gasteiger partial charge in [-0.1, -0.05) is 24.3 Å². The van der Waals surface area contributed by atoms with Crippen LogP contribution in [0.4, 0.5) is 0 Å². The maximum atomic E-state index is 11.3. The zero-order valence-corrected chi connectivity index (χ0v) is 10.3. The Hall–Kier alpha value is -0.880. The van der Waals surface area contributed by atoms with Crippen molar-refractivity contribution in [1.82, 2.24) is 0 Å². The molecule has 1 rings (SSSR count). The topological polar surface area (TPSA) is 83.6 Å². The molecule has 0 aromatic heterocycles. The second-order valence-electron chi connectivity index (χ2n) is 3.77. The Morgan fingerprint density at radius 2 is 1.88 bits per heavy atom. The number of carbonyl (C=O) groups excluding carboxylic acids is 1. The molecule has 0 radical (unpaired) electrons. The number of aliphatic hydroxyl groups excluding tert-OH is 2. The first-order valence-electron chi connectivity index (χ1n) is 5.40. The predicted molar refractivity (Wildman–Crippen MR) is 69.3 cm³/mol. The van der Waals surface area contributed by atoms with E-state index in [9.17, 15) is 15.0 Å². The van der Waals surface area contributed by atoms with E-state index in [1.807, 2.05) is 0 Å². The highest BCUT2D eigenvalue weighted by Gasteiger charge is 2.17. The molecule has 0 aliphatic carbocycles. The van der Waals surface area contributed by atoms with E-state index in [2.05, 4.69) is 12.6 Å². The van der Waals surface area contributed by atoms with Gasteiger partial charge in [-0.2, -0.15) is 12.6 Å². The summed E-state index contributed by atoms with van der Waals surface area (Å²) >= 11 is 3.99.